The first-order chi connectivity index (χ1) is 8.69. The number of anilines is 1. The first kappa shape index (κ1) is 12.8. The molecule has 2 rings (SSSR count). The molecule has 0 radical (unpaired) electrons. The summed E-state index contributed by atoms with van der Waals surface area (Å²) in [7, 11) is 1.56. The van der Waals surface area contributed by atoms with Crippen LogP contribution < -0.4 is 15.8 Å². The van der Waals surface area contributed by atoms with Crippen LogP contribution in [0.4, 0.5) is 5.69 Å². The zero-order valence-corrected chi connectivity index (χ0v) is 10.6. The minimum Gasteiger partial charge on any atom is -0.481 e. The molecule has 1 aliphatic rings. The fourth-order valence-corrected chi connectivity index (χ4v) is 2.20. The molecule has 0 unspecified atom stereocenters. The standard InChI is InChI=1S/C13H19N3O2/c1-18-12-7-6-11(8-15-12)16-13(17)9-2-4-10(14)5-3-9/h6-10H,2-5,14H2,1H3,(H,16,17). The molecule has 5 heteroatoms. The zero-order chi connectivity index (χ0) is 13.0. The highest BCUT2D eigenvalue weighted by molar-refractivity contribution is 5.92. The Balaban J connectivity index is 1.90. The van der Waals surface area contributed by atoms with Crippen LogP contribution in [0.3, 0.4) is 0 Å². The van der Waals surface area contributed by atoms with Crippen molar-refractivity contribution in [3.8, 4) is 5.88 Å². The Morgan fingerprint density at radius 1 is 1.39 bits per heavy atom. The Hall–Kier alpha value is -1.62. The van der Waals surface area contributed by atoms with Gasteiger partial charge >= 0.3 is 0 Å². The molecular formula is C13H19N3O2. The van der Waals surface area contributed by atoms with Crippen molar-refractivity contribution in [1.82, 2.24) is 4.98 Å². The van der Waals surface area contributed by atoms with Crippen LogP contribution in [0.1, 0.15) is 25.7 Å². The van der Waals surface area contributed by atoms with Crippen LogP contribution >= 0.6 is 0 Å². The van der Waals surface area contributed by atoms with E-state index in [9.17, 15) is 4.79 Å². The average molecular weight is 249 g/mol. The summed E-state index contributed by atoms with van der Waals surface area (Å²) in [5.74, 6) is 0.678. The maximum atomic E-state index is 12.0. The summed E-state index contributed by atoms with van der Waals surface area (Å²) < 4.78 is 4.96. The van der Waals surface area contributed by atoms with Crippen molar-refractivity contribution in [2.75, 3.05) is 12.4 Å². The summed E-state index contributed by atoms with van der Waals surface area (Å²) in [6, 6.07) is 3.78. The van der Waals surface area contributed by atoms with E-state index >= 15 is 0 Å². The summed E-state index contributed by atoms with van der Waals surface area (Å²) >= 11 is 0. The second-order valence-electron chi connectivity index (χ2n) is 4.69. The van der Waals surface area contributed by atoms with Gasteiger partial charge in [-0.25, -0.2) is 4.98 Å². The Kier molecular flexibility index (Phi) is 4.15. The smallest absolute Gasteiger partial charge is 0.227 e. The predicted molar refractivity (Wildman–Crippen MR) is 69.4 cm³/mol. The van der Waals surface area contributed by atoms with Crippen molar-refractivity contribution < 1.29 is 9.53 Å². The molecule has 1 heterocycles. The van der Waals surface area contributed by atoms with Crippen LogP contribution in [0, 0.1) is 5.92 Å². The van der Waals surface area contributed by atoms with Gasteiger partial charge in [0.2, 0.25) is 11.8 Å². The molecule has 1 amide bonds. The maximum absolute atomic E-state index is 12.0. The minimum absolute atomic E-state index is 0.0638. The van der Waals surface area contributed by atoms with E-state index in [-0.39, 0.29) is 17.9 Å². The zero-order valence-electron chi connectivity index (χ0n) is 10.6. The summed E-state index contributed by atoms with van der Waals surface area (Å²) in [6.45, 7) is 0. The quantitative estimate of drug-likeness (QED) is 0.852. The minimum atomic E-state index is 0.0638. The Labute approximate surface area is 107 Å². The number of pyridine rings is 1. The van der Waals surface area contributed by atoms with E-state index in [1.165, 1.54) is 0 Å². The first-order valence-electron chi connectivity index (χ1n) is 6.25. The lowest BCUT2D eigenvalue weighted by molar-refractivity contribution is -0.120. The highest BCUT2D eigenvalue weighted by atomic mass is 16.5. The number of ether oxygens (including phenoxy) is 1. The fourth-order valence-electron chi connectivity index (χ4n) is 2.20. The van der Waals surface area contributed by atoms with Gasteiger partial charge in [0.05, 0.1) is 19.0 Å². The number of nitrogens with two attached hydrogens (primary N) is 1. The normalized spacial score (nSPS) is 23.4. The van der Waals surface area contributed by atoms with Crippen LogP contribution in [0.5, 0.6) is 5.88 Å². The molecule has 0 atom stereocenters. The van der Waals surface area contributed by atoms with Gasteiger partial charge in [-0.05, 0) is 31.7 Å². The average Bonchev–Trinajstić information content (AvgIpc) is 2.40. The van der Waals surface area contributed by atoms with Crippen LogP contribution in [-0.4, -0.2) is 24.0 Å². The van der Waals surface area contributed by atoms with Crippen LogP contribution in [-0.2, 0) is 4.79 Å². The number of aromatic nitrogens is 1. The fraction of sp³-hybridized carbons (Fsp3) is 0.538. The molecule has 0 spiro atoms. The molecule has 1 saturated carbocycles. The van der Waals surface area contributed by atoms with E-state index in [4.69, 9.17) is 10.5 Å². The van der Waals surface area contributed by atoms with Crippen molar-refractivity contribution in [3.63, 3.8) is 0 Å². The van der Waals surface area contributed by atoms with Gasteiger partial charge in [-0.1, -0.05) is 0 Å². The van der Waals surface area contributed by atoms with Crippen molar-refractivity contribution in [3.05, 3.63) is 18.3 Å². The summed E-state index contributed by atoms with van der Waals surface area (Å²) in [6.07, 6.45) is 5.20. The van der Waals surface area contributed by atoms with E-state index in [0.29, 0.717) is 11.6 Å². The SMILES string of the molecule is COc1ccc(NC(=O)C2CCC(N)CC2)cn1. The first-order valence-corrected chi connectivity index (χ1v) is 6.25. The van der Waals surface area contributed by atoms with E-state index < -0.39 is 0 Å². The number of nitrogens with zero attached hydrogens (tertiary/aromatic N) is 1. The molecule has 1 aromatic rings. The van der Waals surface area contributed by atoms with Gasteiger partial charge < -0.3 is 15.8 Å². The van der Waals surface area contributed by atoms with Crippen molar-refractivity contribution >= 4 is 11.6 Å². The molecule has 18 heavy (non-hydrogen) atoms. The van der Waals surface area contributed by atoms with E-state index in [1.807, 2.05) is 0 Å². The van der Waals surface area contributed by atoms with Gasteiger partial charge in [0.15, 0.2) is 0 Å². The number of amides is 1. The van der Waals surface area contributed by atoms with Crippen molar-refractivity contribution in [2.24, 2.45) is 11.7 Å². The summed E-state index contributed by atoms with van der Waals surface area (Å²) in [5, 5.41) is 2.88. The van der Waals surface area contributed by atoms with E-state index in [0.717, 1.165) is 25.7 Å². The molecule has 1 aromatic heterocycles. The van der Waals surface area contributed by atoms with Gasteiger partial charge in [0.25, 0.3) is 0 Å². The van der Waals surface area contributed by atoms with Gasteiger partial charge in [0.1, 0.15) is 0 Å². The number of hydrogen-bond acceptors (Lipinski definition) is 4. The highest BCUT2D eigenvalue weighted by Crippen LogP contribution is 2.24. The Bertz CT molecular complexity index is 397. The Morgan fingerprint density at radius 3 is 2.67 bits per heavy atom. The van der Waals surface area contributed by atoms with Gasteiger partial charge in [0, 0.05) is 18.0 Å². The highest BCUT2D eigenvalue weighted by Gasteiger charge is 2.24. The third-order valence-electron chi connectivity index (χ3n) is 3.36. The van der Waals surface area contributed by atoms with Crippen LogP contribution in [0.2, 0.25) is 0 Å². The van der Waals surface area contributed by atoms with E-state index in [1.54, 1.807) is 25.4 Å². The molecule has 0 bridgehead atoms. The molecule has 0 aliphatic heterocycles. The molecule has 1 aliphatic carbocycles. The molecule has 0 saturated heterocycles. The molecule has 0 aromatic carbocycles. The van der Waals surface area contributed by atoms with Crippen LogP contribution in [0.15, 0.2) is 18.3 Å². The predicted octanol–water partition coefficient (Wildman–Crippen LogP) is 1.55. The van der Waals surface area contributed by atoms with Gasteiger partial charge in [-0.3, -0.25) is 4.79 Å². The number of carbonyl (C=O) groups excluding carboxylic acids is 1. The van der Waals surface area contributed by atoms with Gasteiger partial charge in [-0.2, -0.15) is 0 Å². The number of carbonyl (C=O) groups is 1. The third kappa shape index (κ3) is 3.20. The third-order valence-corrected chi connectivity index (χ3v) is 3.36. The largest absolute Gasteiger partial charge is 0.481 e. The van der Waals surface area contributed by atoms with Crippen LogP contribution in [0.25, 0.3) is 0 Å². The summed E-state index contributed by atoms with van der Waals surface area (Å²) in [5.41, 5.74) is 6.53. The topological polar surface area (TPSA) is 77.2 Å². The lowest BCUT2D eigenvalue weighted by Crippen LogP contribution is -2.32. The molecule has 3 N–H and O–H groups in total. The number of hydrogen-bond donors (Lipinski definition) is 2. The number of nitrogens with one attached hydrogen (secondary N) is 1. The van der Waals surface area contributed by atoms with Crippen molar-refractivity contribution in [1.29, 1.82) is 0 Å². The maximum Gasteiger partial charge on any atom is 0.227 e. The molecule has 1 fully saturated rings. The van der Waals surface area contributed by atoms with E-state index in [2.05, 4.69) is 10.3 Å². The monoisotopic (exact) mass is 249 g/mol. The second kappa shape index (κ2) is 5.82. The molecular weight excluding hydrogens is 230 g/mol. The number of rotatable bonds is 3. The number of methoxy groups -OCH3 is 1. The summed E-state index contributed by atoms with van der Waals surface area (Å²) in [4.78, 5) is 16.1. The van der Waals surface area contributed by atoms with Gasteiger partial charge in [-0.15, -0.1) is 0 Å². The molecule has 5 nitrogen and oxygen atoms in total. The second-order valence-corrected chi connectivity index (χ2v) is 4.69. The lowest BCUT2D eigenvalue weighted by atomic mass is 9.86. The lowest BCUT2D eigenvalue weighted by Gasteiger charge is -2.25. The molecule has 98 valence electrons. The van der Waals surface area contributed by atoms with Crippen molar-refractivity contribution in [2.45, 2.75) is 31.7 Å². The Morgan fingerprint density at radius 2 is 2.11 bits per heavy atom.